The summed E-state index contributed by atoms with van der Waals surface area (Å²) in [5.41, 5.74) is 10.8. The number of nitrogens with two attached hydrogens (primary N) is 1. The lowest BCUT2D eigenvalue weighted by molar-refractivity contribution is 0.0694. The number of nitrogens with zero attached hydrogens (tertiary/aromatic N) is 3. The normalized spacial score (nSPS) is 11.3. The van der Waals surface area contributed by atoms with Crippen molar-refractivity contribution in [2.45, 2.75) is 32.8 Å². The minimum absolute atomic E-state index is 0.164. The number of hydrogen-bond acceptors (Lipinski definition) is 5. The predicted octanol–water partition coefficient (Wildman–Crippen LogP) is 3.43. The van der Waals surface area contributed by atoms with E-state index in [9.17, 15) is 14.7 Å². The average Bonchev–Trinajstić information content (AvgIpc) is 3.25. The summed E-state index contributed by atoms with van der Waals surface area (Å²) in [5.74, 6) is -0.815. The summed E-state index contributed by atoms with van der Waals surface area (Å²) in [7, 11) is 0. The molecule has 0 bridgehead atoms. The Morgan fingerprint density at radius 2 is 1.64 bits per heavy atom. The van der Waals surface area contributed by atoms with Crippen LogP contribution in [0.15, 0.2) is 72.9 Å². The first-order valence-electron chi connectivity index (χ1n) is 11.6. The minimum atomic E-state index is -0.970. The highest BCUT2D eigenvalue weighted by atomic mass is 16.3. The molecule has 0 aliphatic carbocycles. The van der Waals surface area contributed by atoms with Gasteiger partial charge >= 0.3 is 0 Å². The van der Waals surface area contributed by atoms with E-state index in [-0.39, 0.29) is 18.1 Å². The van der Waals surface area contributed by atoms with Crippen molar-refractivity contribution in [3.05, 3.63) is 101 Å². The molecule has 2 heterocycles. The van der Waals surface area contributed by atoms with Gasteiger partial charge in [-0.25, -0.2) is 4.68 Å². The third-order valence-corrected chi connectivity index (χ3v) is 5.69. The van der Waals surface area contributed by atoms with E-state index in [4.69, 9.17) is 5.73 Å². The summed E-state index contributed by atoms with van der Waals surface area (Å²) < 4.78 is 1.70. The van der Waals surface area contributed by atoms with Crippen molar-refractivity contribution in [1.29, 1.82) is 0 Å². The Morgan fingerprint density at radius 1 is 1.00 bits per heavy atom. The van der Waals surface area contributed by atoms with Gasteiger partial charge in [0.2, 0.25) is 0 Å². The molecule has 8 nitrogen and oxygen atoms in total. The largest absolute Gasteiger partial charge is 0.389 e. The number of carbonyl (C=O) groups excluding carboxylic acids is 2. The molecule has 0 unspecified atom stereocenters. The molecule has 2 amide bonds. The molecule has 0 radical (unpaired) electrons. The number of hydrogen-bond donors (Lipinski definition) is 3. The van der Waals surface area contributed by atoms with Gasteiger partial charge in [0.25, 0.3) is 11.8 Å². The lowest BCUT2D eigenvalue weighted by Gasteiger charge is -2.17. The standard InChI is InChI=1S/C28H29N5O3/c1-18-14-25(26(29)34)32-33(18)23-11-6-20(7-12-23)15-19-4-8-21(9-5-19)24-13-10-22(16-30-24)27(35)31-17-28(2,3)36/h4-14,16,36H,15,17H2,1-3H3,(H2,29,34)(H,31,35). The lowest BCUT2D eigenvalue weighted by atomic mass is 10.0. The van der Waals surface area contributed by atoms with Gasteiger partial charge in [-0.05, 0) is 68.7 Å². The molecule has 184 valence electrons. The number of amides is 2. The zero-order chi connectivity index (χ0) is 25.9. The van der Waals surface area contributed by atoms with Crippen LogP contribution in [0, 0.1) is 6.92 Å². The van der Waals surface area contributed by atoms with Crippen molar-refractivity contribution in [2.75, 3.05) is 6.54 Å². The first-order chi connectivity index (χ1) is 17.1. The van der Waals surface area contributed by atoms with E-state index in [1.807, 2.05) is 49.4 Å². The molecule has 0 saturated heterocycles. The zero-order valence-corrected chi connectivity index (χ0v) is 20.5. The number of aromatic nitrogens is 3. The Bertz CT molecular complexity index is 1370. The summed E-state index contributed by atoms with van der Waals surface area (Å²) in [6, 6.07) is 21.4. The van der Waals surface area contributed by atoms with Crippen LogP contribution >= 0.6 is 0 Å². The fourth-order valence-corrected chi connectivity index (χ4v) is 3.74. The quantitative estimate of drug-likeness (QED) is 0.354. The molecule has 0 spiro atoms. The van der Waals surface area contributed by atoms with Crippen LogP contribution < -0.4 is 11.1 Å². The Kier molecular flexibility index (Phi) is 6.98. The van der Waals surface area contributed by atoms with Crippen LogP contribution in [0.5, 0.6) is 0 Å². The first kappa shape index (κ1) is 24.8. The number of aryl methyl sites for hydroxylation is 1. The molecule has 4 N–H and O–H groups in total. The highest BCUT2D eigenvalue weighted by Gasteiger charge is 2.15. The molecule has 0 atom stereocenters. The van der Waals surface area contributed by atoms with Crippen LogP contribution in [-0.2, 0) is 6.42 Å². The number of carbonyl (C=O) groups is 2. The second-order valence-electron chi connectivity index (χ2n) is 9.41. The van der Waals surface area contributed by atoms with Crippen molar-refractivity contribution in [2.24, 2.45) is 5.73 Å². The molecule has 0 fully saturated rings. The number of primary amides is 1. The molecule has 4 rings (SSSR count). The van der Waals surface area contributed by atoms with E-state index in [0.717, 1.165) is 40.2 Å². The minimum Gasteiger partial charge on any atom is -0.389 e. The van der Waals surface area contributed by atoms with Crippen molar-refractivity contribution in [3.8, 4) is 16.9 Å². The summed E-state index contributed by atoms with van der Waals surface area (Å²) in [6.45, 7) is 5.32. The van der Waals surface area contributed by atoms with Gasteiger partial charge in [-0.2, -0.15) is 5.10 Å². The fraction of sp³-hybridized carbons (Fsp3) is 0.214. The molecular formula is C28H29N5O3. The summed E-state index contributed by atoms with van der Waals surface area (Å²) in [6.07, 6.45) is 2.30. The maximum Gasteiger partial charge on any atom is 0.269 e. The van der Waals surface area contributed by atoms with Gasteiger partial charge < -0.3 is 16.2 Å². The number of aliphatic hydroxyl groups is 1. The molecule has 0 aliphatic rings. The third-order valence-electron chi connectivity index (χ3n) is 5.69. The Morgan fingerprint density at radius 3 is 2.17 bits per heavy atom. The van der Waals surface area contributed by atoms with Crippen molar-refractivity contribution < 1.29 is 14.7 Å². The van der Waals surface area contributed by atoms with E-state index >= 15 is 0 Å². The number of benzene rings is 2. The summed E-state index contributed by atoms with van der Waals surface area (Å²) in [4.78, 5) is 28.0. The molecule has 36 heavy (non-hydrogen) atoms. The van der Waals surface area contributed by atoms with Crippen molar-refractivity contribution >= 4 is 11.8 Å². The van der Waals surface area contributed by atoms with Crippen LogP contribution in [0.25, 0.3) is 16.9 Å². The smallest absolute Gasteiger partial charge is 0.269 e. The Hall–Kier alpha value is -4.30. The molecule has 4 aromatic rings. The zero-order valence-electron chi connectivity index (χ0n) is 20.5. The van der Waals surface area contributed by atoms with Gasteiger partial charge in [-0.3, -0.25) is 14.6 Å². The van der Waals surface area contributed by atoms with E-state index in [0.29, 0.717) is 5.56 Å². The van der Waals surface area contributed by atoms with Crippen LogP contribution in [0.3, 0.4) is 0 Å². The van der Waals surface area contributed by atoms with E-state index in [2.05, 4.69) is 27.5 Å². The third kappa shape index (κ3) is 6.03. The Balaban J connectivity index is 1.40. The molecule has 0 saturated carbocycles. The van der Waals surface area contributed by atoms with Crippen LogP contribution in [0.4, 0.5) is 0 Å². The molecule has 2 aromatic heterocycles. The lowest BCUT2D eigenvalue weighted by Crippen LogP contribution is -2.38. The average molecular weight is 484 g/mol. The number of pyridine rings is 1. The van der Waals surface area contributed by atoms with Gasteiger partial charge in [-0.1, -0.05) is 36.4 Å². The van der Waals surface area contributed by atoms with Crippen molar-refractivity contribution in [1.82, 2.24) is 20.1 Å². The number of rotatable bonds is 8. The Labute approximate surface area is 209 Å². The van der Waals surface area contributed by atoms with E-state index in [1.54, 1.807) is 30.7 Å². The molecule has 2 aromatic carbocycles. The first-order valence-corrected chi connectivity index (χ1v) is 11.6. The highest BCUT2D eigenvalue weighted by Crippen LogP contribution is 2.20. The van der Waals surface area contributed by atoms with Gasteiger partial charge in [-0.15, -0.1) is 0 Å². The van der Waals surface area contributed by atoms with Crippen molar-refractivity contribution in [3.63, 3.8) is 0 Å². The van der Waals surface area contributed by atoms with Gasteiger partial charge in [0.15, 0.2) is 5.69 Å². The maximum atomic E-state index is 12.2. The fourth-order valence-electron chi connectivity index (χ4n) is 3.74. The summed E-state index contributed by atoms with van der Waals surface area (Å²) in [5, 5.41) is 16.7. The van der Waals surface area contributed by atoms with Gasteiger partial charge in [0.05, 0.1) is 22.5 Å². The number of nitrogens with one attached hydrogen (secondary N) is 1. The second kappa shape index (κ2) is 10.1. The topological polar surface area (TPSA) is 123 Å². The van der Waals surface area contributed by atoms with Gasteiger partial charge in [0, 0.05) is 24.0 Å². The van der Waals surface area contributed by atoms with E-state index < -0.39 is 11.5 Å². The molecular weight excluding hydrogens is 454 g/mol. The van der Waals surface area contributed by atoms with Gasteiger partial charge in [0.1, 0.15) is 0 Å². The van der Waals surface area contributed by atoms with Crippen LogP contribution in [0.1, 0.15) is 51.5 Å². The monoisotopic (exact) mass is 483 g/mol. The highest BCUT2D eigenvalue weighted by molar-refractivity contribution is 5.94. The summed E-state index contributed by atoms with van der Waals surface area (Å²) >= 11 is 0. The maximum absolute atomic E-state index is 12.2. The molecule has 8 heteroatoms. The second-order valence-corrected chi connectivity index (χ2v) is 9.41. The van der Waals surface area contributed by atoms with E-state index in [1.165, 1.54) is 6.20 Å². The predicted molar refractivity (Wildman–Crippen MR) is 138 cm³/mol. The SMILES string of the molecule is Cc1cc(C(N)=O)nn1-c1ccc(Cc2ccc(-c3ccc(C(=O)NCC(C)(C)O)cn3)cc2)cc1. The van der Waals surface area contributed by atoms with Crippen LogP contribution in [0.2, 0.25) is 0 Å². The molecule has 0 aliphatic heterocycles. The van der Waals surface area contributed by atoms with Crippen LogP contribution in [-0.4, -0.2) is 43.8 Å².